The lowest BCUT2D eigenvalue weighted by atomic mass is 9.97. The van der Waals surface area contributed by atoms with Gasteiger partial charge in [0.25, 0.3) is 0 Å². The molecular formula is C22H23ClN4O4. The van der Waals surface area contributed by atoms with Crippen LogP contribution in [0.2, 0.25) is 5.02 Å². The van der Waals surface area contributed by atoms with Gasteiger partial charge in [0.2, 0.25) is 11.7 Å². The van der Waals surface area contributed by atoms with Gasteiger partial charge >= 0.3 is 6.01 Å². The van der Waals surface area contributed by atoms with Crippen molar-refractivity contribution in [2.45, 2.75) is 12.8 Å². The predicted molar refractivity (Wildman–Crippen MR) is 118 cm³/mol. The molecule has 2 aromatic carbocycles. The molecule has 0 spiro atoms. The number of amides is 1. The fourth-order valence-corrected chi connectivity index (χ4v) is 3.75. The second kappa shape index (κ2) is 9.26. The maximum atomic E-state index is 12.9. The zero-order valence-corrected chi connectivity index (χ0v) is 18.1. The summed E-state index contributed by atoms with van der Waals surface area (Å²) in [6, 6.07) is 13.0. The number of carbonyl (C=O) groups excluding carboxylic acids is 1. The van der Waals surface area contributed by atoms with Gasteiger partial charge < -0.3 is 24.2 Å². The summed E-state index contributed by atoms with van der Waals surface area (Å²) in [6.07, 6.45) is 1.61. The molecule has 4 rings (SSSR count). The van der Waals surface area contributed by atoms with Crippen LogP contribution in [-0.2, 0) is 4.79 Å². The van der Waals surface area contributed by atoms with E-state index < -0.39 is 0 Å². The normalized spacial score (nSPS) is 16.1. The lowest BCUT2D eigenvalue weighted by Crippen LogP contribution is -2.41. The molecule has 0 radical (unpaired) electrons. The monoisotopic (exact) mass is 442 g/mol. The number of anilines is 2. The number of rotatable bonds is 6. The van der Waals surface area contributed by atoms with Gasteiger partial charge in [-0.15, -0.1) is 0 Å². The Morgan fingerprint density at radius 3 is 2.74 bits per heavy atom. The van der Waals surface area contributed by atoms with Gasteiger partial charge in [-0.1, -0.05) is 16.8 Å². The highest BCUT2D eigenvalue weighted by molar-refractivity contribution is 6.31. The Bertz CT molecular complexity index is 1050. The molecule has 9 heteroatoms. The first-order valence-electron chi connectivity index (χ1n) is 9.95. The van der Waals surface area contributed by atoms with Crippen LogP contribution in [0.1, 0.15) is 12.8 Å². The number of nitrogens with one attached hydrogen (secondary N) is 1. The number of ether oxygens (including phenoxy) is 2. The van der Waals surface area contributed by atoms with Crippen LogP contribution >= 0.6 is 11.6 Å². The summed E-state index contributed by atoms with van der Waals surface area (Å²) in [5, 5.41) is 7.55. The number of aromatic nitrogens is 2. The molecule has 0 saturated carbocycles. The average Bonchev–Trinajstić information content (AvgIpc) is 3.30. The fraction of sp³-hybridized carbons (Fsp3) is 0.318. The molecule has 1 saturated heterocycles. The van der Waals surface area contributed by atoms with Crippen LogP contribution in [0.25, 0.3) is 11.4 Å². The van der Waals surface area contributed by atoms with Crippen molar-refractivity contribution in [2.24, 2.45) is 5.92 Å². The van der Waals surface area contributed by atoms with Gasteiger partial charge in [0.1, 0.15) is 11.5 Å². The van der Waals surface area contributed by atoms with Crippen molar-refractivity contribution in [1.82, 2.24) is 10.1 Å². The SMILES string of the molecule is COc1ccc(-c2noc(N3CCC[C@H](C(=O)Nc4cc(Cl)ccc4OC)C3)n2)cc1. The van der Waals surface area contributed by atoms with Crippen LogP contribution in [0.4, 0.5) is 11.7 Å². The minimum absolute atomic E-state index is 0.0971. The molecule has 0 unspecified atom stereocenters. The van der Waals surface area contributed by atoms with Crippen molar-refractivity contribution >= 4 is 29.2 Å². The van der Waals surface area contributed by atoms with E-state index in [4.69, 9.17) is 25.6 Å². The lowest BCUT2D eigenvalue weighted by Gasteiger charge is -2.30. The molecule has 1 atom stereocenters. The third kappa shape index (κ3) is 4.74. The Morgan fingerprint density at radius 1 is 1.19 bits per heavy atom. The molecule has 2 heterocycles. The van der Waals surface area contributed by atoms with Crippen molar-refractivity contribution in [1.29, 1.82) is 0 Å². The zero-order chi connectivity index (χ0) is 21.8. The number of methoxy groups -OCH3 is 2. The summed E-state index contributed by atoms with van der Waals surface area (Å²) in [4.78, 5) is 19.4. The molecule has 0 aliphatic carbocycles. The number of nitrogens with zero attached hydrogens (tertiary/aromatic N) is 3. The van der Waals surface area contributed by atoms with E-state index in [1.807, 2.05) is 29.2 Å². The van der Waals surface area contributed by atoms with E-state index >= 15 is 0 Å². The van der Waals surface area contributed by atoms with Crippen molar-refractivity contribution in [3.8, 4) is 22.9 Å². The summed E-state index contributed by atoms with van der Waals surface area (Å²) in [5.74, 6) is 1.49. The average molecular weight is 443 g/mol. The predicted octanol–water partition coefficient (Wildman–Crippen LogP) is 4.26. The summed E-state index contributed by atoms with van der Waals surface area (Å²) >= 11 is 6.07. The van der Waals surface area contributed by atoms with Gasteiger partial charge in [-0.05, 0) is 55.3 Å². The third-order valence-corrected chi connectivity index (χ3v) is 5.48. The molecular weight excluding hydrogens is 420 g/mol. The topological polar surface area (TPSA) is 89.7 Å². The summed E-state index contributed by atoms with van der Waals surface area (Å²) in [5.41, 5.74) is 1.38. The number of carbonyl (C=O) groups is 1. The maximum absolute atomic E-state index is 12.9. The van der Waals surface area contributed by atoms with E-state index in [1.54, 1.807) is 32.4 Å². The molecule has 1 amide bonds. The highest BCUT2D eigenvalue weighted by Gasteiger charge is 2.29. The quantitative estimate of drug-likeness (QED) is 0.609. The lowest BCUT2D eigenvalue weighted by molar-refractivity contribution is -0.120. The molecule has 31 heavy (non-hydrogen) atoms. The molecule has 8 nitrogen and oxygen atoms in total. The van der Waals surface area contributed by atoms with Crippen LogP contribution in [0.15, 0.2) is 47.0 Å². The van der Waals surface area contributed by atoms with Gasteiger partial charge in [0.05, 0.1) is 25.8 Å². The first-order valence-corrected chi connectivity index (χ1v) is 10.3. The Balaban J connectivity index is 1.44. The van der Waals surface area contributed by atoms with Crippen LogP contribution in [0, 0.1) is 5.92 Å². The summed E-state index contributed by atoms with van der Waals surface area (Å²) < 4.78 is 16.0. The maximum Gasteiger partial charge on any atom is 0.324 e. The van der Waals surface area contributed by atoms with Crippen LogP contribution in [0.3, 0.4) is 0 Å². The van der Waals surface area contributed by atoms with Crippen molar-refractivity contribution in [2.75, 3.05) is 37.5 Å². The molecule has 1 aliphatic rings. The van der Waals surface area contributed by atoms with E-state index in [0.717, 1.165) is 30.7 Å². The Labute approximate surface area is 185 Å². The second-order valence-corrected chi connectivity index (χ2v) is 7.68. The van der Waals surface area contributed by atoms with Gasteiger partial charge in [-0.25, -0.2) is 0 Å². The summed E-state index contributed by atoms with van der Waals surface area (Å²) in [6.45, 7) is 1.23. The minimum Gasteiger partial charge on any atom is -0.497 e. The number of hydrogen-bond donors (Lipinski definition) is 1. The van der Waals surface area contributed by atoms with E-state index in [2.05, 4.69) is 15.5 Å². The van der Waals surface area contributed by atoms with E-state index in [1.165, 1.54) is 0 Å². The third-order valence-electron chi connectivity index (χ3n) is 5.25. The van der Waals surface area contributed by atoms with Crippen molar-refractivity contribution in [3.05, 3.63) is 47.5 Å². The molecule has 0 bridgehead atoms. The Morgan fingerprint density at radius 2 is 2.00 bits per heavy atom. The molecule has 162 valence electrons. The number of benzene rings is 2. The van der Waals surface area contributed by atoms with Crippen molar-refractivity contribution < 1.29 is 18.8 Å². The van der Waals surface area contributed by atoms with Crippen molar-refractivity contribution in [3.63, 3.8) is 0 Å². The van der Waals surface area contributed by atoms with Gasteiger partial charge in [0.15, 0.2) is 0 Å². The van der Waals surface area contributed by atoms with Crippen LogP contribution in [0.5, 0.6) is 11.5 Å². The minimum atomic E-state index is -0.228. The molecule has 1 aliphatic heterocycles. The molecule has 3 aromatic rings. The van der Waals surface area contributed by atoms with E-state index in [9.17, 15) is 4.79 Å². The zero-order valence-electron chi connectivity index (χ0n) is 17.3. The largest absolute Gasteiger partial charge is 0.497 e. The Hall–Kier alpha value is -3.26. The number of halogens is 1. The fourth-order valence-electron chi connectivity index (χ4n) is 3.58. The van der Waals surface area contributed by atoms with Gasteiger partial charge in [-0.2, -0.15) is 4.98 Å². The smallest absolute Gasteiger partial charge is 0.324 e. The first kappa shape index (κ1) is 21.0. The van der Waals surface area contributed by atoms with Gasteiger partial charge in [-0.3, -0.25) is 4.79 Å². The number of hydrogen-bond acceptors (Lipinski definition) is 7. The number of piperidine rings is 1. The highest BCUT2D eigenvalue weighted by Crippen LogP contribution is 2.30. The Kier molecular flexibility index (Phi) is 6.27. The van der Waals surface area contributed by atoms with E-state index in [-0.39, 0.29) is 11.8 Å². The standard InChI is InChI=1S/C22H23ClN4O4/c1-29-17-8-5-14(6-9-17)20-25-22(31-26-20)27-11-3-4-15(13-27)21(28)24-18-12-16(23)7-10-19(18)30-2/h5-10,12,15H,3-4,11,13H2,1-2H3,(H,24,28)/t15-/m0/s1. The molecule has 1 aromatic heterocycles. The van der Waals surface area contributed by atoms with E-state index in [0.29, 0.717) is 34.8 Å². The molecule has 1 N–H and O–H groups in total. The second-order valence-electron chi connectivity index (χ2n) is 7.25. The summed E-state index contributed by atoms with van der Waals surface area (Å²) in [7, 11) is 3.17. The first-order chi connectivity index (χ1) is 15.1. The van der Waals surface area contributed by atoms with Crippen LogP contribution < -0.4 is 19.7 Å². The van der Waals surface area contributed by atoms with Gasteiger partial charge in [0, 0.05) is 23.7 Å². The van der Waals surface area contributed by atoms with Crippen LogP contribution in [-0.4, -0.2) is 43.4 Å². The molecule has 1 fully saturated rings. The highest BCUT2D eigenvalue weighted by atomic mass is 35.5.